The monoisotopic (exact) mass is 387 g/mol. The number of carbonyl (C=O) groups is 1. The first kappa shape index (κ1) is 15.5. The minimum absolute atomic E-state index is 0.0775. The molecule has 2 aromatic carbocycles. The van der Waals surface area contributed by atoms with Crippen molar-refractivity contribution >= 4 is 21.8 Å². The Labute approximate surface area is 149 Å². The highest BCUT2D eigenvalue weighted by atomic mass is 79.9. The van der Waals surface area contributed by atoms with E-state index in [-0.39, 0.29) is 11.9 Å². The van der Waals surface area contributed by atoms with Crippen molar-refractivity contribution in [1.29, 1.82) is 0 Å². The Balaban J connectivity index is 1.62. The Morgan fingerprint density at radius 1 is 1.08 bits per heavy atom. The van der Waals surface area contributed by atoms with Crippen molar-refractivity contribution in [2.24, 2.45) is 0 Å². The third-order valence-electron chi connectivity index (χ3n) is 4.54. The van der Waals surface area contributed by atoms with Crippen LogP contribution < -0.4 is 9.47 Å². The molecule has 0 radical (unpaired) electrons. The number of ether oxygens (including phenoxy) is 2. The van der Waals surface area contributed by atoms with Gasteiger partial charge in [-0.3, -0.25) is 4.79 Å². The van der Waals surface area contributed by atoms with Crippen molar-refractivity contribution in [3.63, 3.8) is 0 Å². The molecule has 0 saturated carbocycles. The molecule has 0 aliphatic carbocycles. The number of amides is 1. The quantitative estimate of drug-likeness (QED) is 0.774. The van der Waals surface area contributed by atoms with Gasteiger partial charge in [-0.15, -0.1) is 0 Å². The van der Waals surface area contributed by atoms with Gasteiger partial charge in [-0.25, -0.2) is 0 Å². The first-order valence-corrected chi connectivity index (χ1v) is 8.98. The van der Waals surface area contributed by atoms with Crippen molar-refractivity contribution in [2.75, 3.05) is 19.8 Å². The maximum atomic E-state index is 12.9. The second-order valence-corrected chi connectivity index (χ2v) is 6.99. The molecule has 0 N–H and O–H groups in total. The fourth-order valence-electron chi connectivity index (χ4n) is 3.41. The number of hydrogen-bond donors (Lipinski definition) is 0. The summed E-state index contributed by atoms with van der Waals surface area (Å²) in [5, 5.41) is 0. The van der Waals surface area contributed by atoms with E-state index in [4.69, 9.17) is 9.47 Å². The van der Waals surface area contributed by atoms with Gasteiger partial charge in [0.1, 0.15) is 13.2 Å². The highest BCUT2D eigenvalue weighted by molar-refractivity contribution is 9.10. The summed E-state index contributed by atoms with van der Waals surface area (Å²) in [4.78, 5) is 14.9. The lowest BCUT2D eigenvalue weighted by Crippen LogP contribution is -2.30. The van der Waals surface area contributed by atoms with E-state index in [0.717, 1.165) is 40.9 Å². The lowest BCUT2D eigenvalue weighted by atomic mass is 10.0. The van der Waals surface area contributed by atoms with Gasteiger partial charge < -0.3 is 14.4 Å². The van der Waals surface area contributed by atoms with E-state index in [1.807, 2.05) is 47.4 Å². The zero-order valence-corrected chi connectivity index (χ0v) is 14.8. The molecule has 5 heteroatoms. The highest BCUT2D eigenvalue weighted by Gasteiger charge is 2.31. The van der Waals surface area contributed by atoms with Gasteiger partial charge in [0.25, 0.3) is 5.91 Å². The Hall–Kier alpha value is -2.01. The molecule has 0 unspecified atom stereocenters. The molecule has 1 fully saturated rings. The van der Waals surface area contributed by atoms with Crippen LogP contribution in [0.5, 0.6) is 11.5 Å². The molecule has 0 aromatic heterocycles. The second-order valence-electron chi connectivity index (χ2n) is 6.07. The first-order valence-electron chi connectivity index (χ1n) is 8.18. The van der Waals surface area contributed by atoms with Crippen LogP contribution in [-0.4, -0.2) is 30.6 Å². The predicted octanol–water partition coefficient (Wildman–Crippen LogP) is 4.20. The van der Waals surface area contributed by atoms with Gasteiger partial charge in [0.15, 0.2) is 11.5 Å². The van der Waals surface area contributed by atoms with Crippen LogP contribution in [0, 0.1) is 0 Å². The molecule has 1 amide bonds. The van der Waals surface area contributed by atoms with E-state index in [1.165, 1.54) is 0 Å². The number of likely N-dealkylation sites (tertiary alicyclic amines) is 1. The summed E-state index contributed by atoms with van der Waals surface area (Å²) in [5.74, 6) is 1.64. The van der Waals surface area contributed by atoms with Crippen LogP contribution in [0.4, 0.5) is 0 Å². The molecule has 2 heterocycles. The van der Waals surface area contributed by atoms with E-state index in [0.29, 0.717) is 18.8 Å². The highest BCUT2D eigenvalue weighted by Crippen LogP contribution is 2.38. The summed E-state index contributed by atoms with van der Waals surface area (Å²) in [5.41, 5.74) is 1.83. The number of halogens is 1. The smallest absolute Gasteiger partial charge is 0.254 e. The van der Waals surface area contributed by atoms with Crippen LogP contribution >= 0.6 is 15.9 Å². The van der Waals surface area contributed by atoms with Crippen molar-refractivity contribution < 1.29 is 14.3 Å². The third kappa shape index (κ3) is 2.88. The average molecular weight is 388 g/mol. The van der Waals surface area contributed by atoms with Gasteiger partial charge in [0.2, 0.25) is 0 Å². The average Bonchev–Trinajstić information content (AvgIpc) is 3.10. The van der Waals surface area contributed by atoms with Crippen LogP contribution in [0.1, 0.15) is 34.8 Å². The summed E-state index contributed by atoms with van der Waals surface area (Å²) in [7, 11) is 0. The van der Waals surface area contributed by atoms with Gasteiger partial charge >= 0.3 is 0 Å². The molecule has 1 saturated heterocycles. The van der Waals surface area contributed by atoms with Crippen LogP contribution in [0.15, 0.2) is 46.9 Å². The van der Waals surface area contributed by atoms with Crippen LogP contribution in [0.25, 0.3) is 0 Å². The molecule has 0 spiro atoms. The molecular formula is C19H18BrNO3. The molecule has 0 bridgehead atoms. The maximum absolute atomic E-state index is 12.9. The number of rotatable bonds is 2. The second kappa shape index (κ2) is 6.48. The van der Waals surface area contributed by atoms with E-state index in [1.54, 1.807) is 0 Å². The lowest BCUT2D eigenvalue weighted by Gasteiger charge is -2.27. The molecule has 1 atom stereocenters. The molecule has 2 aliphatic heterocycles. The van der Waals surface area contributed by atoms with Crippen LogP contribution in [0.2, 0.25) is 0 Å². The van der Waals surface area contributed by atoms with E-state index in [2.05, 4.69) is 15.9 Å². The first-order chi connectivity index (χ1) is 11.7. The van der Waals surface area contributed by atoms with Crippen molar-refractivity contribution in [1.82, 2.24) is 4.90 Å². The maximum Gasteiger partial charge on any atom is 0.254 e. The fraction of sp³-hybridized carbons (Fsp3) is 0.316. The summed E-state index contributed by atoms with van der Waals surface area (Å²) in [6, 6.07) is 13.7. The largest absolute Gasteiger partial charge is 0.486 e. The van der Waals surface area contributed by atoms with E-state index < -0.39 is 0 Å². The van der Waals surface area contributed by atoms with Gasteiger partial charge in [-0.2, -0.15) is 0 Å². The number of carbonyl (C=O) groups excluding carboxylic acids is 1. The van der Waals surface area contributed by atoms with Crippen molar-refractivity contribution in [3.05, 3.63) is 58.1 Å². The predicted molar refractivity (Wildman–Crippen MR) is 94.6 cm³/mol. The standard InChI is InChI=1S/C19H18BrNO3/c20-15-4-1-3-14(11-15)19(22)21-8-2-5-16(21)13-6-7-17-18(12-13)24-10-9-23-17/h1,3-4,6-7,11-12,16H,2,5,8-10H2/t16-/m1/s1. The van der Waals surface area contributed by atoms with Gasteiger partial charge in [-0.1, -0.05) is 28.1 Å². The molecule has 24 heavy (non-hydrogen) atoms. The zero-order chi connectivity index (χ0) is 16.5. The minimum atomic E-state index is 0.0775. The van der Waals surface area contributed by atoms with Crippen molar-refractivity contribution in [2.45, 2.75) is 18.9 Å². The third-order valence-corrected chi connectivity index (χ3v) is 5.03. The van der Waals surface area contributed by atoms with Crippen LogP contribution in [0.3, 0.4) is 0 Å². The van der Waals surface area contributed by atoms with Gasteiger partial charge in [0.05, 0.1) is 6.04 Å². The molecular weight excluding hydrogens is 370 g/mol. The van der Waals surface area contributed by atoms with E-state index >= 15 is 0 Å². The van der Waals surface area contributed by atoms with Crippen molar-refractivity contribution in [3.8, 4) is 11.5 Å². The summed E-state index contributed by atoms with van der Waals surface area (Å²) in [6.07, 6.45) is 1.98. The fourth-order valence-corrected chi connectivity index (χ4v) is 3.81. The summed E-state index contributed by atoms with van der Waals surface area (Å²) < 4.78 is 12.2. The van der Waals surface area contributed by atoms with Crippen LogP contribution in [-0.2, 0) is 0 Å². The van der Waals surface area contributed by atoms with E-state index in [9.17, 15) is 4.79 Å². The molecule has 2 aliphatic rings. The number of hydrogen-bond acceptors (Lipinski definition) is 3. The SMILES string of the molecule is O=C(c1cccc(Br)c1)N1CCC[C@@H]1c1ccc2c(c1)OCCO2. The number of fused-ring (bicyclic) bond motifs is 1. The number of benzene rings is 2. The van der Waals surface area contributed by atoms with Gasteiger partial charge in [0, 0.05) is 16.6 Å². The normalized spacial score (nSPS) is 19.4. The lowest BCUT2D eigenvalue weighted by molar-refractivity contribution is 0.0735. The zero-order valence-electron chi connectivity index (χ0n) is 13.2. The Kier molecular flexibility index (Phi) is 4.19. The minimum Gasteiger partial charge on any atom is -0.486 e. The molecule has 124 valence electrons. The molecule has 4 rings (SSSR count). The molecule has 4 nitrogen and oxygen atoms in total. The summed E-state index contributed by atoms with van der Waals surface area (Å²) in [6.45, 7) is 1.94. The van der Waals surface area contributed by atoms with Gasteiger partial charge in [-0.05, 0) is 48.7 Å². The number of nitrogens with zero attached hydrogens (tertiary/aromatic N) is 1. The Morgan fingerprint density at radius 3 is 2.75 bits per heavy atom. The Bertz CT molecular complexity index is 777. The molecule has 2 aromatic rings. The topological polar surface area (TPSA) is 38.8 Å². The summed E-state index contributed by atoms with van der Waals surface area (Å²) >= 11 is 3.44. The Morgan fingerprint density at radius 2 is 1.92 bits per heavy atom.